The van der Waals surface area contributed by atoms with Crippen LogP contribution in [-0.4, -0.2) is 17.5 Å². The van der Waals surface area contributed by atoms with E-state index < -0.39 is 11.0 Å². The lowest BCUT2D eigenvalue weighted by atomic mass is 9.83. The molecule has 2 aromatic carbocycles. The maximum atomic E-state index is 13.5. The Morgan fingerprint density at radius 1 is 1.12 bits per heavy atom. The van der Waals surface area contributed by atoms with Crippen LogP contribution in [0, 0.1) is 11.3 Å². The number of ether oxygens (including phenoxy) is 1. The highest BCUT2D eigenvalue weighted by Crippen LogP contribution is 2.50. The van der Waals surface area contributed by atoms with Crippen LogP contribution in [0.2, 0.25) is 0 Å². The molecule has 0 saturated heterocycles. The SMILES string of the molecule is C=Cc1ccc(C(C(=O)Nc2cccc(CC3(C(=O)OC(C)(C)C)CC3)c2)C2CCCC2)cc1. The summed E-state index contributed by atoms with van der Waals surface area (Å²) in [4.78, 5) is 26.3. The Bertz CT molecular complexity index is 1040. The Hall–Kier alpha value is -2.88. The molecule has 4 heteroatoms. The lowest BCUT2D eigenvalue weighted by Crippen LogP contribution is -2.30. The molecule has 0 aliphatic heterocycles. The van der Waals surface area contributed by atoms with E-state index in [4.69, 9.17) is 4.74 Å². The molecular weight excluding hydrogens is 422 g/mol. The molecular formula is C30H37NO3. The highest BCUT2D eigenvalue weighted by atomic mass is 16.6. The fourth-order valence-corrected chi connectivity index (χ4v) is 5.13. The van der Waals surface area contributed by atoms with Crippen LogP contribution in [0.3, 0.4) is 0 Å². The van der Waals surface area contributed by atoms with E-state index in [0.717, 1.165) is 48.1 Å². The summed E-state index contributed by atoms with van der Waals surface area (Å²) in [5, 5.41) is 3.18. The zero-order valence-corrected chi connectivity index (χ0v) is 20.7. The van der Waals surface area contributed by atoms with Crippen molar-refractivity contribution in [2.75, 3.05) is 5.32 Å². The third kappa shape index (κ3) is 5.78. The molecule has 1 atom stereocenters. The number of rotatable bonds is 8. The van der Waals surface area contributed by atoms with Crippen molar-refractivity contribution in [3.63, 3.8) is 0 Å². The molecule has 2 aliphatic carbocycles. The van der Waals surface area contributed by atoms with Crippen molar-refractivity contribution in [1.29, 1.82) is 0 Å². The maximum absolute atomic E-state index is 13.5. The van der Waals surface area contributed by atoms with Crippen molar-refractivity contribution in [2.24, 2.45) is 11.3 Å². The molecule has 1 unspecified atom stereocenters. The molecule has 1 amide bonds. The van der Waals surface area contributed by atoms with Crippen LogP contribution in [0.4, 0.5) is 5.69 Å². The van der Waals surface area contributed by atoms with Gasteiger partial charge in [0.25, 0.3) is 0 Å². The fraction of sp³-hybridized carbons (Fsp3) is 0.467. The first-order chi connectivity index (χ1) is 16.2. The molecule has 180 valence electrons. The van der Waals surface area contributed by atoms with Gasteiger partial charge in [0.15, 0.2) is 0 Å². The molecule has 0 radical (unpaired) electrons. The van der Waals surface area contributed by atoms with E-state index in [-0.39, 0.29) is 17.8 Å². The summed E-state index contributed by atoms with van der Waals surface area (Å²) in [6.07, 6.45) is 8.69. The number of amides is 1. The van der Waals surface area contributed by atoms with Gasteiger partial charge in [0.2, 0.25) is 5.91 Å². The molecule has 0 aromatic heterocycles. The first-order valence-electron chi connectivity index (χ1n) is 12.5. The summed E-state index contributed by atoms with van der Waals surface area (Å²) in [6, 6.07) is 16.1. The minimum absolute atomic E-state index is 0.0451. The smallest absolute Gasteiger partial charge is 0.312 e. The second kappa shape index (κ2) is 9.77. The molecule has 0 bridgehead atoms. The largest absolute Gasteiger partial charge is 0.460 e. The van der Waals surface area contributed by atoms with Crippen LogP contribution >= 0.6 is 0 Å². The van der Waals surface area contributed by atoms with Crippen LogP contribution in [0.5, 0.6) is 0 Å². The summed E-state index contributed by atoms with van der Waals surface area (Å²) < 4.78 is 5.67. The number of esters is 1. The van der Waals surface area contributed by atoms with Crippen LogP contribution in [-0.2, 0) is 20.7 Å². The van der Waals surface area contributed by atoms with Gasteiger partial charge in [-0.3, -0.25) is 9.59 Å². The Morgan fingerprint density at radius 2 is 1.79 bits per heavy atom. The van der Waals surface area contributed by atoms with Crippen molar-refractivity contribution in [2.45, 2.75) is 77.2 Å². The number of nitrogens with one attached hydrogen (secondary N) is 1. The van der Waals surface area contributed by atoms with E-state index in [9.17, 15) is 9.59 Å². The highest BCUT2D eigenvalue weighted by Gasteiger charge is 2.52. The molecule has 0 heterocycles. The molecule has 4 rings (SSSR count). The van der Waals surface area contributed by atoms with E-state index in [1.165, 1.54) is 12.8 Å². The van der Waals surface area contributed by atoms with Gasteiger partial charge in [-0.15, -0.1) is 0 Å². The Kier molecular flexibility index (Phi) is 6.97. The number of carbonyl (C=O) groups excluding carboxylic acids is 2. The van der Waals surface area contributed by atoms with E-state index in [1.807, 2.05) is 63.2 Å². The van der Waals surface area contributed by atoms with Crippen molar-refractivity contribution in [3.8, 4) is 0 Å². The summed E-state index contributed by atoms with van der Waals surface area (Å²) in [7, 11) is 0. The van der Waals surface area contributed by atoms with Crippen molar-refractivity contribution >= 4 is 23.6 Å². The topological polar surface area (TPSA) is 55.4 Å². The normalized spacial score (nSPS) is 18.2. The Morgan fingerprint density at radius 3 is 2.38 bits per heavy atom. The standard InChI is InChI=1S/C30H37NO3/c1-5-21-13-15-24(16-14-21)26(23-10-6-7-11-23)27(32)31-25-12-8-9-22(19-25)20-30(17-18-30)28(33)34-29(2,3)4/h5,8-9,12-16,19,23,26H,1,6-7,10-11,17-18,20H2,2-4H3,(H,31,32). The maximum Gasteiger partial charge on any atom is 0.312 e. The van der Waals surface area contributed by atoms with Gasteiger partial charge in [-0.25, -0.2) is 0 Å². The zero-order valence-electron chi connectivity index (χ0n) is 20.7. The van der Waals surface area contributed by atoms with Crippen molar-refractivity contribution < 1.29 is 14.3 Å². The van der Waals surface area contributed by atoms with E-state index in [2.05, 4.69) is 24.0 Å². The van der Waals surface area contributed by atoms with E-state index >= 15 is 0 Å². The van der Waals surface area contributed by atoms with Crippen molar-refractivity contribution in [1.82, 2.24) is 0 Å². The second-order valence-electron chi connectivity index (χ2n) is 11.0. The van der Waals surface area contributed by atoms with Gasteiger partial charge in [-0.1, -0.05) is 61.9 Å². The summed E-state index contributed by atoms with van der Waals surface area (Å²) >= 11 is 0. The first-order valence-corrected chi connectivity index (χ1v) is 12.5. The third-order valence-electron chi connectivity index (χ3n) is 7.11. The highest BCUT2D eigenvalue weighted by molar-refractivity contribution is 5.96. The average molecular weight is 460 g/mol. The summed E-state index contributed by atoms with van der Waals surface area (Å²) in [6.45, 7) is 9.55. The zero-order chi connectivity index (χ0) is 24.3. The molecule has 2 fully saturated rings. The second-order valence-corrected chi connectivity index (χ2v) is 11.0. The van der Waals surface area contributed by atoms with Crippen LogP contribution in [0.1, 0.15) is 81.9 Å². The van der Waals surface area contributed by atoms with Gasteiger partial charge in [0.05, 0.1) is 11.3 Å². The lowest BCUT2D eigenvalue weighted by molar-refractivity contribution is -0.161. The number of benzene rings is 2. The third-order valence-corrected chi connectivity index (χ3v) is 7.11. The van der Waals surface area contributed by atoms with Crippen molar-refractivity contribution in [3.05, 3.63) is 71.8 Å². The predicted molar refractivity (Wildman–Crippen MR) is 138 cm³/mol. The molecule has 4 nitrogen and oxygen atoms in total. The fourth-order valence-electron chi connectivity index (χ4n) is 5.13. The first kappa shape index (κ1) is 24.3. The predicted octanol–water partition coefficient (Wildman–Crippen LogP) is 6.91. The number of anilines is 1. The monoisotopic (exact) mass is 459 g/mol. The number of carbonyl (C=O) groups is 2. The van der Waals surface area contributed by atoms with E-state index in [0.29, 0.717) is 12.3 Å². The minimum atomic E-state index is -0.485. The van der Waals surface area contributed by atoms with E-state index in [1.54, 1.807) is 0 Å². The van der Waals surface area contributed by atoms with Crippen LogP contribution < -0.4 is 5.32 Å². The number of hydrogen-bond donors (Lipinski definition) is 1. The molecule has 1 N–H and O–H groups in total. The molecule has 0 spiro atoms. The van der Waals surface area contributed by atoms with Gasteiger partial charge in [-0.05, 0) is 87.6 Å². The average Bonchev–Trinajstić information content (AvgIpc) is 3.37. The summed E-state index contributed by atoms with van der Waals surface area (Å²) in [5.74, 6) is 0.128. The van der Waals surface area contributed by atoms with Crippen LogP contribution in [0.15, 0.2) is 55.1 Å². The molecule has 2 aliphatic rings. The van der Waals surface area contributed by atoms with Gasteiger partial charge in [0, 0.05) is 5.69 Å². The Balaban J connectivity index is 1.49. The van der Waals surface area contributed by atoms with Gasteiger partial charge < -0.3 is 10.1 Å². The van der Waals surface area contributed by atoms with Gasteiger partial charge >= 0.3 is 5.97 Å². The quantitative estimate of drug-likeness (QED) is 0.437. The lowest BCUT2D eigenvalue weighted by Gasteiger charge is -2.24. The molecule has 2 saturated carbocycles. The number of hydrogen-bond acceptors (Lipinski definition) is 3. The molecule has 2 aromatic rings. The van der Waals surface area contributed by atoms with Gasteiger partial charge in [0.1, 0.15) is 5.60 Å². The molecule has 34 heavy (non-hydrogen) atoms. The summed E-state index contributed by atoms with van der Waals surface area (Å²) in [5.41, 5.74) is 3.05. The van der Waals surface area contributed by atoms with Gasteiger partial charge in [-0.2, -0.15) is 0 Å². The minimum Gasteiger partial charge on any atom is -0.460 e. The van der Waals surface area contributed by atoms with Crippen LogP contribution in [0.25, 0.3) is 6.08 Å². The Labute approximate surface area is 203 Å².